The van der Waals surface area contributed by atoms with Crippen LogP contribution in [0.4, 0.5) is 0 Å². The van der Waals surface area contributed by atoms with E-state index in [0.29, 0.717) is 63.7 Å². The van der Waals surface area contributed by atoms with Gasteiger partial charge in [0, 0.05) is 86.1 Å². The predicted octanol–water partition coefficient (Wildman–Crippen LogP) is 27.5. The Kier molecular flexibility index (Phi) is 23.5. The van der Waals surface area contributed by atoms with E-state index in [0.717, 1.165) is 89.8 Å². The van der Waals surface area contributed by atoms with Gasteiger partial charge in [-0.05, 0) is 210 Å². The number of hydrogen-bond donors (Lipinski definition) is 2. The van der Waals surface area contributed by atoms with Crippen molar-refractivity contribution in [2.24, 2.45) is 10.8 Å². The van der Waals surface area contributed by atoms with Crippen molar-refractivity contribution in [2.45, 2.75) is 244 Å². The second-order valence-electron chi connectivity index (χ2n) is 36.7. The van der Waals surface area contributed by atoms with Gasteiger partial charge in [0.15, 0.2) is 0 Å². The first-order valence-corrected chi connectivity index (χ1v) is 36.3. The van der Waals surface area contributed by atoms with Crippen molar-refractivity contribution in [3.05, 3.63) is 191 Å². The number of phenolic OH excluding ortho intramolecular Hbond substituents is 2. The monoisotopic (exact) mass is 1550 g/mol. The largest absolute Gasteiger partial charge is 0.505 e. The van der Waals surface area contributed by atoms with Crippen LogP contribution in [0.25, 0.3) is 77.2 Å². The number of ether oxygens (including phenoxy) is 2. The molecule has 0 spiro atoms. The van der Waals surface area contributed by atoms with Gasteiger partial charge in [0.05, 0.1) is 46.7 Å². The molecule has 0 bridgehead atoms. The molecule has 0 atom stereocenters. The quantitative estimate of drug-likeness (QED) is 0.0575. The van der Waals surface area contributed by atoms with E-state index in [4.69, 9.17) is 32.7 Å². The van der Waals surface area contributed by atoms with E-state index in [1.54, 1.807) is 0 Å². The average Bonchev–Trinajstić information content (AvgIpc) is 1.53. The number of aromatic nitrogens is 2. The Bertz CT molecular complexity index is 4230. The zero-order chi connectivity index (χ0) is 71.6. The van der Waals surface area contributed by atoms with Gasteiger partial charge >= 0.3 is 0 Å². The molecule has 0 unspecified atom stereocenters. The summed E-state index contributed by atoms with van der Waals surface area (Å²) in [5.74, 6) is 1.69. The second-order valence-corrected chi connectivity index (χ2v) is 37.6. The third-order valence-electron chi connectivity index (χ3n) is 19.9. The molecule has 6 nitrogen and oxygen atoms in total. The maximum Gasteiger partial charge on any atom is 0.147 e. The van der Waals surface area contributed by atoms with Crippen molar-refractivity contribution in [3.8, 4) is 56.6 Å². The van der Waals surface area contributed by atoms with Gasteiger partial charge in [0.25, 0.3) is 0 Å². The average molecular weight is 1550 g/mol. The third kappa shape index (κ3) is 16.6. The topological polar surface area (TPSA) is 68.8 Å². The molecule has 0 saturated heterocycles. The fourth-order valence-electron chi connectivity index (χ4n) is 15.3. The molecule has 9 heteroatoms. The molecule has 0 radical (unpaired) electrons. The number of aromatic hydroxyl groups is 2. The van der Waals surface area contributed by atoms with E-state index in [-0.39, 0.29) is 107 Å². The van der Waals surface area contributed by atoms with Gasteiger partial charge in [-0.15, -0.1) is 0 Å². The number of rotatable bonds is 16. The van der Waals surface area contributed by atoms with Crippen LogP contribution in [0.15, 0.2) is 121 Å². The minimum absolute atomic E-state index is 0. The molecule has 10 rings (SSSR count). The van der Waals surface area contributed by atoms with E-state index >= 15 is 0 Å². The molecule has 2 heterocycles. The van der Waals surface area contributed by atoms with Crippen LogP contribution in [0.2, 0.25) is 10.0 Å². The Hall–Kier alpha value is -5.99. The first-order valence-electron chi connectivity index (χ1n) is 35.5. The zero-order valence-electron chi connectivity index (χ0n) is 66.1. The molecule has 10 aromatic rings. The van der Waals surface area contributed by atoms with Crippen molar-refractivity contribution in [2.75, 3.05) is 13.2 Å². The van der Waals surface area contributed by atoms with Crippen molar-refractivity contribution < 1.29 is 45.5 Å². The summed E-state index contributed by atoms with van der Waals surface area (Å²) in [4.78, 5) is 0. The maximum atomic E-state index is 13.4. The van der Waals surface area contributed by atoms with Crippen molar-refractivity contribution in [1.29, 1.82) is 0 Å². The molecule has 0 fully saturated rings. The summed E-state index contributed by atoms with van der Waals surface area (Å²) < 4.78 is 18.9. The molecular weight excluding hydrogens is 1430 g/mol. The molecule has 536 valence electrons. The van der Waals surface area contributed by atoms with Crippen LogP contribution in [0, 0.1) is 25.7 Å². The van der Waals surface area contributed by atoms with Gasteiger partial charge in [-0.1, -0.05) is 227 Å². The molecule has 0 saturated carbocycles. The zero-order valence-corrected chi connectivity index (χ0v) is 71.2. The summed E-state index contributed by atoms with van der Waals surface area (Å²) in [6.07, 6.45) is 2.29. The van der Waals surface area contributed by atoms with E-state index in [9.17, 15) is 10.2 Å². The van der Waals surface area contributed by atoms with Crippen LogP contribution >= 0.6 is 23.2 Å². The summed E-state index contributed by atoms with van der Waals surface area (Å²) >= 11 is 14.5. The van der Waals surface area contributed by atoms with Crippen LogP contribution in [-0.4, -0.2) is 32.6 Å². The van der Waals surface area contributed by atoms with Crippen LogP contribution in [0.3, 0.4) is 0 Å². The summed E-state index contributed by atoms with van der Waals surface area (Å²) in [7, 11) is 0. The minimum atomic E-state index is -0.319. The second kappa shape index (κ2) is 28.9. The molecule has 2 aromatic heterocycles. The van der Waals surface area contributed by atoms with Gasteiger partial charge in [0.1, 0.15) is 23.0 Å². The van der Waals surface area contributed by atoms with Crippen LogP contribution in [0.5, 0.6) is 23.0 Å². The fourth-order valence-corrected chi connectivity index (χ4v) is 15.7. The number of hydrogen-bond acceptors (Lipinski definition) is 4. The number of halogens is 2. The maximum absolute atomic E-state index is 13.4. The Labute approximate surface area is 631 Å². The molecule has 0 amide bonds. The standard InChI is InChI=1S/C89H112Cl2N2O4.2CH3.Hf/c1-52(2)62-46-60(90)48-70(68-42-58(88(23,24)50-82(5,6)7)44-76(78(68)94)92-72-32-28-54(84(11,12)13)38-64(72)65-39-55(85(14,15)16)29-33-73(65)92)80(62)96-36-27-37-97-81-63(53(3)4)47-61(91)49-71(81)69-43-59(89(25,26)51-83(8,9)10)45-77(79(69)95)93-74-34-30-56(86(17,18)19)40-66(74)67-41-57(87(20,21)22)31-35-75(67)93;;;/h28-35,38-49,52-53,94-95H,27,36-37,50-51H2,1-26H3;2*1H3;/q;2*-1;. The Morgan fingerprint density at radius 3 is 0.870 bits per heavy atom. The minimum Gasteiger partial charge on any atom is -0.505 e. The molecule has 8 aromatic carbocycles. The number of benzene rings is 8. The van der Waals surface area contributed by atoms with Gasteiger partial charge in [-0.2, -0.15) is 0 Å². The molecule has 0 aliphatic rings. The van der Waals surface area contributed by atoms with E-state index in [1.165, 1.54) is 22.3 Å². The van der Waals surface area contributed by atoms with Crippen LogP contribution < -0.4 is 9.47 Å². The molecular formula is C91H118Cl2HfN2O4-2. The van der Waals surface area contributed by atoms with Crippen molar-refractivity contribution in [1.82, 2.24) is 9.13 Å². The van der Waals surface area contributed by atoms with Crippen LogP contribution in [-0.2, 0) is 58.3 Å². The van der Waals surface area contributed by atoms with Crippen molar-refractivity contribution in [3.63, 3.8) is 0 Å². The summed E-state index contributed by atoms with van der Waals surface area (Å²) in [5, 5.41) is 32.5. The Morgan fingerprint density at radius 1 is 0.360 bits per heavy atom. The Morgan fingerprint density at radius 2 is 0.630 bits per heavy atom. The van der Waals surface area contributed by atoms with Gasteiger partial charge in [-0.3, -0.25) is 0 Å². The smallest absolute Gasteiger partial charge is 0.147 e. The third-order valence-corrected chi connectivity index (χ3v) is 20.4. The predicted molar refractivity (Wildman–Crippen MR) is 431 cm³/mol. The van der Waals surface area contributed by atoms with Crippen molar-refractivity contribution >= 4 is 66.8 Å². The summed E-state index contributed by atoms with van der Waals surface area (Å²) in [5.41, 5.74) is 16.4. The van der Waals surface area contributed by atoms with Gasteiger partial charge in [0.2, 0.25) is 0 Å². The van der Waals surface area contributed by atoms with E-state index in [1.807, 2.05) is 24.3 Å². The SMILES string of the molecule is CC(C)c1cc(Cl)cc(-c2cc(C(C)(C)CC(C)(C)C)cc(-n3c4ccc(C(C)(C)C)cc4c4cc(C(C)(C)C)ccc43)c2O)c1OCCCOc1c(-c2cc(C(C)(C)CC(C)(C)C)cc(-n3c4ccc(C(C)(C)C)cc4c4cc(C(C)(C)C)ccc43)c2O)cc(Cl)cc1C(C)C.[CH3-].[CH3-].[Hf]. The number of phenols is 2. The van der Waals surface area contributed by atoms with Crippen LogP contribution in [0.1, 0.15) is 256 Å². The van der Waals surface area contributed by atoms with Gasteiger partial charge in [-0.25, -0.2) is 0 Å². The summed E-state index contributed by atoms with van der Waals surface area (Å²) in [6.45, 7) is 59.5. The normalized spacial score (nSPS) is 13.0. The molecule has 2 N–H and O–H groups in total. The summed E-state index contributed by atoms with van der Waals surface area (Å²) in [6, 6.07) is 44.1. The first-order chi connectivity index (χ1) is 44.6. The molecule has 0 aliphatic heterocycles. The van der Waals surface area contributed by atoms with E-state index in [2.05, 4.69) is 286 Å². The molecule has 100 heavy (non-hydrogen) atoms. The number of fused-ring (bicyclic) bond motifs is 6. The first kappa shape index (κ1) is 81.3. The Balaban J connectivity index is 0.00000468. The number of nitrogens with zero attached hydrogens (tertiary/aromatic N) is 2. The van der Waals surface area contributed by atoms with E-state index < -0.39 is 0 Å². The molecule has 0 aliphatic carbocycles. The van der Waals surface area contributed by atoms with Gasteiger partial charge < -0.3 is 43.7 Å². The fraction of sp³-hybridized carbons (Fsp3) is 0.451.